The van der Waals surface area contributed by atoms with Crippen molar-refractivity contribution in [2.45, 2.75) is 32.4 Å². The van der Waals surface area contributed by atoms with Gasteiger partial charge in [0.05, 0.1) is 0 Å². The fourth-order valence-corrected chi connectivity index (χ4v) is 2.64. The molecule has 2 aromatic rings. The van der Waals surface area contributed by atoms with Crippen LogP contribution in [0.1, 0.15) is 40.8 Å². The lowest BCUT2D eigenvalue weighted by Crippen LogP contribution is -2.24. The van der Waals surface area contributed by atoms with E-state index >= 15 is 0 Å². The highest BCUT2D eigenvalue weighted by molar-refractivity contribution is 5.40. The summed E-state index contributed by atoms with van der Waals surface area (Å²) in [7, 11) is 0. The van der Waals surface area contributed by atoms with E-state index < -0.39 is 0 Å². The zero-order valence-electron chi connectivity index (χ0n) is 11.7. The van der Waals surface area contributed by atoms with Crippen molar-refractivity contribution in [1.82, 2.24) is 0 Å². The van der Waals surface area contributed by atoms with Gasteiger partial charge < -0.3 is 10.5 Å². The zero-order chi connectivity index (χ0) is 14.3. The highest BCUT2D eigenvalue weighted by Gasteiger charge is 2.27. The van der Waals surface area contributed by atoms with E-state index in [9.17, 15) is 4.39 Å². The molecule has 0 radical (unpaired) electrons. The largest absolute Gasteiger partial charge is 0.485 e. The number of benzene rings is 2. The van der Waals surface area contributed by atoms with Crippen molar-refractivity contribution < 1.29 is 9.13 Å². The molecule has 2 aromatic carbocycles. The molecule has 0 amide bonds. The molecule has 0 saturated carbocycles. The smallest absolute Gasteiger partial charge is 0.126 e. The van der Waals surface area contributed by atoms with Gasteiger partial charge in [-0.1, -0.05) is 18.2 Å². The summed E-state index contributed by atoms with van der Waals surface area (Å²) >= 11 is 0. The lowest BCUT2D eigenvalue weighted by Gasteiger charge is -2.30. The molecular weight excluding hydrogens is 253 g/mol. The molecule has 104 valence electrons. The summed E-state index contributed by atoms with van der Waals surface area (Å²) in [4.78, 5) is 0. The van der Waals surface area contributed by atoms with Gasteiger partial charge in [0.15, 0.2) is 0 Å². The predicted octanol–water partition coefficient (Wildman–Crippen LogP) is 3.97. The van der Waals surface area contributed by atoms with Gasteiger partial charge in [0.25, 0.3) is 0 Å². The van der Waals surface area contributed by atoms with Gasteiger partial charge in [-0.2, -0.15) is 0 Å². The van der Waals surface area contributed by atoms with Crippen LogP contribution < -0.4 is 10.5 Å². The Morgan fingerprint density at radius 2 is 1.90 bits per heavy atom. The zero-order valence-corrected chi connectivity index (χ0v) is 11.7. The molecule has 0 fully saturated rings. The highest BCUT2D eigenvalue weighted by Crippen LogP contribution is 2.40. The Kier molecular flexibility index (Phi) is 3.22. The number of ether oxygens (including phenoxy) is 1. The van der Waals surface area contributed by atoms with Crippen LogP contribution in [0.15, 0.2) is 36.4 Å². The topological polar surface area (TPSA) is 35.2 Å². The minimum atomic E-state index is -0.271. The summed E-state index contributed by atoms with van der Waals surface area (Å²) in [6.45, 7) is 4.18. The van der Waals surface area contributed by atoms with Gasteiger partial charge >= 0.3 is 0 Å². The molecule has 0 spiro atoms. The normalized spacial score (nSPS) is 21.2. The van der Waals surface area contributed by atoms with Crippen molar-refractivity contribution >= 4 is 0 Å². The van der Waals surface area contributed by atoms with E-state index in [0.29, 0.717) is 12.2 Å². The lowest BCUT2D eigenvalue weighted by molar-refractivity contribution is 0.161. The van der Waals surface area contributed by atoms with E-state index in [1.165, 1.54) is 23.3 Å². The van der Waals surface area contributed by atoms with Gasteiger partial charge in [-0.3, -0.25) is 0 Å². The molecule has 0 bridgehead atoms. The third kappa shape index (κ3) is 2.29. The Morgan fingerprint density at radius 1 is 1.10 bits per heavy atom. The number of hydrogen-bond donors (Lipinski definition) is 1. The molecule has 0 aromatic heterocycles. The van der Waals surface area contributed by atoms with Crippen LogP contribution in [0.4, 0.5) is 4.39 Å². The first-order chi connectivity index (χ1) is 9.54. The van der Waals surface area contributed by atoms with Crippen LogP contribution in [0.3, 0.4) is 0 Å². The van der Waals surface area contributed by atoms with Crippen LogP contribution in [-0.4, -0.2) is 0 Å². The van der Waals surface area contributed by atoms with Gasteiger partial charge in [0.2, 0.25) is 0 Å². The molecule has 1 aliphatic heterocycles. The van der Waals surface area contributed by atoms with Crippen LogP contribution in [0.25, 0.3) is 0 Å². The number of halogens is 1. The monoisotopic (exact) mass is 271 g/mol. The van der Waals surface area contributed by atoms with Crippen LogP contribution in [0, 0.1) is 19.7 Å². The first-order valence-electron chi connectivity index (χ1n) is 6.83. The van der Waals surface area contributed by atoms with Gasteiger partial charge in [0, 0.05) is 18.0 Å². The average molecular weight is 271 g/mol. The van der Waals surface area contributed by atoms with Crippen molar-refractivity contribution in [3.63, 3.8) is 0 Å². The van der Waals surface area contributed by atoms with Gasteiger partial charge in [0.1, 0.15) is 17.7 Å². The molecule has 0 saturated heterocycles. The average Bonchev–Trinajstić information content (AvgIpc) is 2.42. The summed E-state index contributed by atoms with van der Waals surface area (Å²) in [5, 5.41) is 0. The minimum absolute atomic E-state index is 0.0674. The van der Waals surface area contributed by atoms with Crippen LogP contribution in [-0.2, 0) is 0 Å². The highest BCUT2D eigenvalue weighted by atomic mass is 19.1. The van der Waals surface area contributed by atoms with E-state index in [4.69, 9.17) is 10.5 Å². The number of rotatable bonds is 1. The first-order valence-corrected chi connectivity index (χ1v) is 6.83. The molecule has 3 rings (SSSR count). The van der Waals surface area contributed by atoms with Gasteiger partial charge in [-0.25, -0.2) is 4.39 Å². The third-order valence-electron chi connectivity index (χ3n) is 4.01. The van der Waals surface area contributed by atoms with E-state index in [1.807, 2.05) is 0 Å². The van der Waals surface area contributed by atoms with E-state index in [-0.39, 0.29) is 18.0 Å². The Hall–Kier alpha value is -1.87. The second-order valence-corrected chi connectivity index (χ2v) is 5.47. The molecule has 3 heteroatoms. The van der Waals surface area contributed by atoms with Crippen molar-refractivity contribution in [3.05, 3.63) is 64.5 Å². The first kappa shape index (κ1) is 13.1. The maximum atomic E-state index is 13.3. The van der Waals surface area contributed by atoms with Crippen LogP contribution in [0.2, 0.25) is 0 Å². The molecular formula is C17H18FNO. The standard InChI is InChI=1S/C17H18FNO/c1-10-3-4-12(7-11(10)2)17-9-15(19)14-8-13(18)5-6-16(14)20-17/h3-8,15,17H,9,19H2,1-2H3. The number of nitrogens with two attached hydrogens (primary N) is 1. The minimum Gasteiger partial charge on any atom is -0.485 e. The van der Waals surface area contributed by atoms with Crippen molar-refractivity contribution in [3.8, 4) is 5.75 Å². The second-order valence-electron chi connectivity index (χ2n) is 5.47. The Morgan fingerprint density at radius 3 is 2.65 bits per heavy atom. The second kappa shape index (κ2) is 4.91. The van der Waals surface area contributed by atoms with Crippen molar-refractivity contribution in [2.75, 3.05) is 0 Å². The molecule has 2 unspecified atom stereocenters. The lowest BCUT2D eigenvalue weighted by atomic mass is 9.92. The predicted molar refractivity (Wildman–Crippen MR) is 77.2 cm³/mol. The number of hydrogen-bond acceptors (Lipinski definition) is 2. The Bertz CT molecular complexity index is 653. The van der Waals surface area contributed by atoms with Gasteiger partial charge in [-0.05, 0) is 48.7 Å². The van der Waals surface area contributed by atoms with Crippen LogP contribution in [0.5, 0.6) is 5.75 Å². The summed E-state index contributed by atoms with van der Waals surface area (Å²) in [5.74, 6) is 0.417. The Labute approximate surface area is 118 Å². The summed E-state index contributed by atoms with van der Waals surface area (Å²) < 4.78 is 19.3. The molecule has 2 atom stereocenters. The molecule has 2 nitrogen and oxygen atoms in total. The molecule has 1 heterocycles. The summed E-state index contributed by atoms with van der Waals surface area (Å²) in [5.41, 5.74) is 10.5. The quantitative estimate of drug-likeness (QED) is 0.852. The SMILES string of the molecule is Cc1ccc(C2CC(N)c3cc(F)ccc3O2)cc1C. The van der Waals surface area contributed by atoms with E-state index in [0.717, 1.165) is 11.1 Å². The molecule has 0 aliphatic carbocycles. The maximum absolute atomic E-state index is 13.3. The fourth-order valence-electron chi connectivity index (χ4n) is 2.64. The summed E-state index contributed by atoms with van der Waals surface area (Å²) in [6, 6.07) is 10.7. The van der Waals surface area contributed by atoms with Crippen molar-refractivity contribution in [2.24, 2.45) is 5.73 Å². The number of fused-ring (bicyclic) bond motifs is 1. The molecule has 20 heavy (non-hydrogen) atoms. The Balaban J connectivity index is 1.94. The number of aryl methyl sites for hydroxylation is 2. The van der Waals surface area contributed by atoms with Crippen molar-refractivity contribution in [1.29, 1.82) is 0 Å². The third-order valence-corrected chi connectivity index (χ3v) is 4.01. The van der Waals surface area contributed by atoms with Gasteiger partial charge in [-0.15, -0.1) is 0 Å². The molecule has 1 aliphatic rings. The van der Waals surface area contributed by atoms with E-state index in [1.54, 1.807) is 6.07 Å². The van der Waals surface area contributed by atoms with E-state index in [2.05, 4.69) is 32.0 Å². The maximum Gasteiger partial charge on any atom is 0.126 e. The van der Waals surface area contributed by atoms with Crippen LogP contribution >= 0.6 is 0 Å². The fraction of sp³-hybridized carbons (Fsp3) is 0.294. The molecule has 2 N–H and O–H groups in total. The summed E-state index contributed by atoms with van der Waals surface area (Å²) in [6.07, 6.45) is 0.598.